The molecule has 4 rings (SSSR count). The lowest BCUT2D eigenvalue weighted by molar-refractivity contribution is 0.0685. The molecule has 2 heterocycles. The Bertz CT molecular complexity index is 1590. The number of hydrogen-bond acceptors (Lipinski definition) is 7. The number of carbonyl (C=O) groups is 1. The monoisotopic (exact) mass is 559 g/mol. The standard InChI is InChI=1S/C25H23Cl2N5O4S/c1-25(2,23-28-19(13-8-6-5-7-9-13)17(37-23)12-31(3)4)18-15(26)10-14(11-16(18)27)32-24(36)29-21(33)20(30-32)22(34)35/h5-11H,12H2,1-4H3,(H,34,35)(H,29,33,36). The van der Waals surface area contributed by atoms with Crippen molar-refractivity contribution in [1.82, 2.24) is 24.6 Å². The minimum atomic E-state index is -1.57. The van der Waals surface area contributed by atoms with Gasteiger partial charge in [0.05, 0.1) is 11.4 Å². The summed E-state index contributed by atoms with van der Waals surface area (Å²) in [5.74, 6) is -1.57. The molecular formula is C25H23Cl2N5O4S. The largest absolute Gasteiger partial charge is 0.476 e. The van der Waals surface area contributed by atoms with Crippen LogP contribution in [0.3, 0.4) is 0 Å². The highest BCUT2D eigenvalue weighted by Gasteiger charge is 2.33. The Kier molecular flexibility index (Phi) is 7.38. The Labute approximate surface area is 225 Å². The number of carboxylic acids is 1. The second-order valence-electron chi connectivity index (χ2n) is 9.13. The third-order valence-corrected chi connectivity index (χ3v) is 7.63. The molecule has 2 aromatic carbocycles. The topological polar surface area (TPSA) is 121 Å². The summed E-state index contributed by atoms with van der Waals surface area (Å²) in [6.07, 6.45) is 0. The molecule has 0 aliphatic carbocycles. The number of rotatable bonds is 7. The predicted octanol–water partition coefficient (Wildman–Crippen LogP) is 4.44. The SMILES string of the molecule is CN(C)Cc1sc(C(C)(C)c2c(Cl)cc(-n3nc(C(=O)O)c(=O)[nH]c3=O)cc2Cl)nc1-c1ccccc1. The number of halogens is 2. The summed E-state index contributed by atoms with van der Waals surface area (Å²) in [6, 6.07) is 12.8. The third kappa shape index (κ3) is 5.24. The number of aromatic nitrogens is 4. The summed E-state index contributed by atoms with van der Waals surface area (Å²) < 4.78 is 0.742. The van der Waals surface area contributed by atoms with Gasteiger partial charge in [0.25, 0.3) is 5.56 Å². The number of hydrogen-bond donors (Lipinski definition) is 2. The van der Waals surface area contributed by atoms with Crippen LogP contribution in [0, 0.1) is 0 Å². The number of aromatic carboxylic acids is 1. The molecule has 0 bridgehead atoms. The Balaban J connectivity index is 1.84. The van der Waals surface area contributed by atoms with E-state index >= 15 is 0 Å². The smallest absolute Gasteiger partial charge is 0.362 e. The van der Waals surface area contributed by atoms with Crippen molar-refractivity contribution < 1.29 is 9.90 Å². The molecule has 0 radical (unpaired) electrons. The van der Waals surface area contributed by atoms with Gasteiger partial charge in [-0.25, -0.2) is 14.6 Å². The minimum Gasteiger partial charge on any atom is -0.476 e. The Hall–Kier alpha value is -3.31. The Morgan fingerprint density at radius 3 is 2.32 bits per heavy atom. The number of nitrogens with zero attached hydrogens (tertiary/aromatic N) is 4. The van der Waals surface area contributed by atoms with Crippen LogP contribution in [0.1, 0.15) is 39.8 Å². The normalized spacial score (nSPS) is 11.8. The van der Waals surface area contributed by atoms with Crippen LogP contribution < -0.4 is 11.2 Å². The average molecular weight is 560 g/mol. The van der Waals surface area contributed by atoms with E-state index in [1.54, 1.807) is 11.3 Å². The maximum atomic E-state index is 12.4. The summed E-state index contributed by atoms with van der Waals surface area (Å²) in [6.45, 7) is 4.62. The van der Waals surface area contributed by atoms with Crippen LogP contribution in [0.5, 0.6) is 0 Å². The van der Waals surface area contributed by atoms with Gasteiger partial charge >= 0.3 is 11.7 Å². The van der Waals surface area contributed by atoms with Crippen molar-refractivity contribution in [2.45, 2.75) is 25.8 Å². The van der Waals surface area contributed by atoms with E-state index in [4.69, 9.17) is 28.2 Å². The summed E-state index contributed by atoms with van der Waals surface area (Å²) in [5, 5.41) is 14.2. The summed E-state index contributed by atoms with van der Waals surface area (Å²) in [4.78, 5) is 45.6. The highest BCUT2D eigenvalue weighted by Crippen LogP contribution is 2.44. The van der Waals surface area contributed by atoms with Crippen LogP contribution in [-0.2, 0) is 12.0 Å². The van der Waals surface area contributed by atoms with E-state index in [1.165, 1.54) is 12.1 Å². The van der Waals surface area contributed by atoms with Gasteiger partial charge in [-0.15, -0.1) is 11.3 Å². The van der Waals surface area contributed by atoms with Gasteiger partial charge in [0.2, 0.25) is 5.69 Å². The Morgan fingerprint density at radius 2 is 1.76 bits per heavy atom. The lowest BCUT2D eigenvalue weighted by Gasteiger charge is -2.26. The van der Waals surface area contributed by atoms with Crippen LogP contribution in [-0.4, -0.2) is 49.8 Å². The van der Waals surface area contributed by atoms with Crippen molar-refractivity contribution in [3.63, 3.8) is 0 Å². The molecule has 0 aliphatic heterocycles. The molecule has 37 heavy (non-hydrogen) atoms. The predicted molar refractivity (Wildman–Crippen MR) is 145 cm³/mol. The molecule has 2 N–H and O–H groups in total. The van der Waals surface area contributed by atoms with Crippen LogP contribution in [0.4, 0.5) is 0 Å². The maximum Gasteiger partial charge on any atom is 0.362 e. The van der Waals surface area contributed by atoms with Crippen LogP contribution in [0.15, 0.2) is 52.1 Å². The van der Waals surface area contributed by atoms with Crippen molar-refractivity contribution in [3.8, 4) is 16.9 Å². The molecule has 0 fully saturated rings. The van der Waals surface area contributed by atoms with Gasteiger partial charge in [0.1, 0.15) is 5.01 Å². The molecule has 192 valence electrons. The summed E-state index contributed by atoms with van der Waals surface area (Å²) >= 11 is 15.0. The lowest BCUT2D eigenvalue weighted by Crippen LogP contribution is -2.35. The second-order valence-corrected chi connectivity index (χ2v) is 11.0. The zero-order valence-electron chi connectivity index (χ0n) is 20.4. The lowest BCUT2D eigenvalue weighted by atomic mass is 9.85. The van der Waals surface area contributed by atoms with Gasteiger partial charge in [-0.2, -0.15) is 9.78 Å². The van der Waals surface area contributed by atoms with Crippen molar-refractivity contribution in [2.75, 3.05) is 14.1 Å². The summed E-state index contributed by atoms with van der Waals surface area (Å²) in [7, 11) is 3.99. The van der Waals surface area contributed by atoms with Crippen molar-refractivity contribution in [3.05, 3.63) is 94.5 Å². The molecule has 0 atom stereocenters. The van der Waals surface area contributed by atoms with E-state index in [9.17, 15) is 19.5 Å². The van der Waals surface area contributed by atoms with Crippen molar-refractivity contribution >= 4 is 40.5 Å². The van der Waals surface area contributed by atoms with E-state index in [2.05, 4.69) is 10.00 Å². The van der Waals surface area contributed by atoms with Gasteiger partial charge in [-0.3, -0.25) is 9.78 Å². The second kappa shape index (κ2) is 10.2. The molecule has 0 spiro atoms. The number of nitrogens with one attached hydrogen (secondary N) is 1. The van der Waals surface area contributed by atoms with Crippen LogP contribution in [0.25, 0.3) is 16.9 Å². The molecular weight excluding hydrogens is 537 g/mol. The van der Waals surface area contributed by atoms with Gasteiger partial charge in [0, 0.05) is 38.0 Å². The van der Waals surface area contributed by atoms with Crippen LogP contribution >= 0.6 is 34.5 Å². The molecule has 0 unspecified atom stereocenters. The van der Waals surface area contributed by atoms with E-state index < -0.39 is 28.3 Å². The molecule has 4 aromatic rings. The molecule has 0 saturated heterocycles. The van der Waals surface area contributed by atoms with E-state index in [0.717, 1.165) is 25.8 Å². The minimum absolute atomic E-state index is 0.107. The maximum absolute atomic E-state index is 12.4. The van der Waals surface area contributed by atoms with Crippen molar-refractivity contribution in [2.24, 2.45) is 0 Å². The highest BCUT2D eigenvalue weighted by atomic mass is 35.5. The molecule has 0 amide bonds. The zero-order valence-corrected chi connectivity index (χ0v) is 22.7. The summed E-state index contributed by atoms with van der Waals surface area (Å²) in [5.41, 5.74) is -0.998. The quantitative estimate of drug-likeness (QED) is 0.343. The molecule has 0 saturated carbocycles. The van der Waals surface area contributed by atoms with Crippen LogP contribution in [0.2, 0.25) is 10.0 Å². The van der Waals surface area contributed by atoms with E-state index in [-0.39, 0.29) is 15.7 Å². The first-order valence-corrected chi connectivity index (χ1v) is 12.6. The number of carboxylic acid groups (broad SMARTS) is 1. The van der Waals surface area contributed by atoms with E-state index in [1.807, 2.05) is 63.3 Å². The fourth-order valence-electron chi connectivity index (χ4n) is 3.94. The fourth-order valence-corrected chi connectivity index (χ4v) is 6.19. The number of H-pyrrole nitrogens is 1. The molecule has 0 aliphatic rings. The first-order chi connectivity index (χ1) is 17.4. The van der Waals surface area contributed by atoms with Gasteiger partial charge in [-0.1, -0.05) is 53.5 Å². The molecule has 9 nitrogen and oxygen atoms in total. The molecule has 12 heteroatoms. The van der Waals surface area contributed by atoms with E-state index in [0.29, 0.717) is 12.1 Å². The van der Waals surface area contributed by atoms with Gasteiger partial charge in [-0.05, 0) is 40.1 Å². The van der Waals surface area contributed by atoms with Gasteiger partial charge < -0.3 is 10.0 Å². The average Bonchev–Trinajstić information content (AvgIpc) is 3.22. The first-order valence-electron chi connectivity index (χ1n) is 11.1. The third-order valence-electron chi connectivity index (χ3n) is 5.67. The fraction of sp³-hybridized carbons (Fsp3) is 0.240. The zero-order chi connectivity index (χ0) is 27.1. The van der Waals surface area contributed by atoms with Gasteiger partial charge in [0.15, 0.2) is 0 Å². The number of benzene rings is 2. The van der Waals surface area contributed by atoms with Crippen molar-refractivity contribution in [1.29, 1.82) is 0 Å². The highest BCUT2D eigenvalue weighted by molar-refractivity contribution is 7.12. The number of aromatic amines is 1. The molecule has 2 aromatic heterocycles. The Morgan fingerprint density at radius 1 is 1.14 bits per heavy atom. The number of thiazole rings is 1. The first kappa shape index (κ1) is 26.7.